The summed E-state index contributed by atoms with van der Waals surface area (Å²) in [6.07, 6.45) is -1.09. The van der Waals surface area contributed by atoms with E-state index in [0.29, 0.717) is 11.3 Å². The number of aliphatic hydroxyl groups is 1. The highest BCUT2D eigenvalue weighted by Gasteiger charge is 2.29. The molecular weight excluding hydrogens is 308 g/mol. The molecule has 1 N–H and O–H groups in total. The molecule has 1 aromatic rings. The first-order valence-corrected chi connectivity index (χ1v) is 7.73. The molecule has 0 aliphatic carbocycles. The van der Waals surface area contributed by atoms with Crippen molar-refractivity contribution in [1.82, 2.24) is 0 Å². The zero-order valence-electron chi connectivity index (χ0n) is 9.63. The SMILES string of the molecule is CCS(=O)(=O)[C@H](Br)[C@@H](O)c1ccc(OC)cc1. The van der Waals surface area contributed by atoms with Gasteiger partial charge in [0.05, 0.1) is 7.11 Å². The van der Waals surface area contributed by atoms with E-state index in [1.54, 1.807) is 38.3 Å². The quantitative estimate of drug-likeness (QED) is 0.841. The van der Waals surface area contributed by atoms with Crippen LogP contribution in [0.15, 0.2) is 24.3 Å². The van der Waals surface area contributed by atoms with Gasteiger partial charge in [-0.15, -0.1) is 0 Å². The third-order valence-electron chi connectivity index (χ3n) is 2.45. The van der Waals surface area contributed by atoms with Gasteiger partial charge in [-0.2, -0.15) is 0 Å². The molecule has 1 aromatic carbocycles. The third kappa shape index (κ3) is 3.43. The lowest BCUT2D eigenvalue weighted by atomic mass is 10.1. The van der Waals surface area contributed by atoms with E-state index in [2.05, 4.69) is 15.9 Å². The zero-order valence-corrected chi connectivity index (χ0v) is 12.0. The van der Waals surface area contributed by atoms with Crippen LogP contribution in [0.1, 0.15) is 18.6 Å². The molecule has 0 amide bonds. The maximum Gasteiger partial charge on any atom is 0.165 e. The van der Waals surface area contributed by atoms with Crippen molar-refractivity contribution in [2.24, 2.45) is 0 Å². The molecule has 0 heterocycles. The molecule has 0 aliphatic rings. The van der Waals surface area contributed by atoms with Crippen molar-refractivity contribution in [3.8, 4) is 5.75 Å². The molecule has 1 rings (SSSR count). The first kappa shape index (κ1) is 14.5. The summed E-state index contributed by atoms with van der Waals surface area (Å²) < 4.78 is 27.2. The number of halogens is 1. The molecule has 0 aliphatic heterocycles. The van der Waals surface area contributed by atoms with Crippen molar-refractivity contribution < 1.29 is 18.3 Å². The fraction of sp³-hybridized carbons (Fsp3) is 0.455. The monoisotopic (exact) mass is 322 g/mol. The van der Waals surface area contributed by atoms with Gasteiger partial charge in [0.2, 0.25) is 0 Å². The fourth-order valence-corrected chi connectivity index (χ4v) is 3.27. The minimum absolute atomic E-state index is 0.0177. The molecule has 0 aromatic heterocycles. The first-order valence-electron chi connectivity index (χ1n) is 5.10. The van der Waals surface area contributed by atoms with Crippen LogP contribution in [-0.2, 0) is 9.84 Å². The molecule has 0 fully saturated rings. The zero-order chi connectivity index (χ0) is 13.1. The van der Waals surface area contributed by atoms with E-state index in [4.69, 9.17) is 4.74 Å². The van der Waals surface area contributed by atoms with Gasteiger partial charge in [0, 0.05) is 5.75 Å². The van der Waals surface area contributed by atoms with Gasteiger partial charge in [0.1, 0.15) is 16.0 Å². The van der Waals surface area contributed by atoms with E-state index >= 15 is 0 Å². The van der Waals surface area contributed by atoms with Gasteiger partial charge in [0.25, 0.3) is 0 Å². The van der Waals surface area contributed by atoms with E-state index in [0.717, 1.165) is 0 Å². The Morgan fingerprint density at radius 3 is 2.29 bits per heavy atom. The number of benzene rings is 1. The van der Waals surface area contributed by atoms with Crippen molar-refractivity contribution in [1.29, 1.82) is 0 Å². The molecule has 0 unspecified atom stereocenters. The summed E-state index contributed by atoms with van der Waals surface area (Å²) in [5.41, 5.74) is 0.532. The maximum absolute atomic E-state index is 11.6. The molecule has 0 spiro atoms. The summed E-state index contributed by atoms with van der Waals surface area (Å²) in [6.45, 7) is 1.55. The summed E-state index contributed by atoms with van der Waals surface area (Å²) in [5.74, 6) is 0.640. The van der Waals surface area contributed by atoms with E-state index in [1.807, 2.05) is 0 Å². The number of aliphatic hydroxyl groups excluding tert-OH is 1. The van der Waals surface area contributed by atoms with Gasteiger partial charge in [0.15, 0.2) is 9.84 Å². The lowest BCUT2D eigenvalue weighted by Gasteiger charge is -2.17. The van der Waals surface area contributed by atoms with Crippen LogP contribution in [0.25, 0.3) is 0 Å². The molecular formula is C11H15BrO4S. The van der Waals surface area contributed by atoms with Crippen LogP contribution < -0.4 is 4.74 Å². The van der Waals surface area contributed by atoms with Gasteiger partial charge in [-0.05, 0) is 17.7 Å². The largest absolute Gasteiger partial charge is 0.497 e. The second-order valence-corrected chi connectivity index (χ2v) is 7.52. The molecule has 0 saturated carbocycles. The summed E-state index contributed by atoms with van der Waals surface area (Å²) in [5, 5.41) is 9.95. The molecule has 17 heavy (non-hydrogen) atoms. The minimum Gasteiger partial charge on any atom is -0.497 e. The summed E-state index contributed by atoms with van der Waals surface area (Å²) in [7, 11) is -1.78. The average molecular weight is 323 g/mol. The van der Waals surface area contributed by atoms with Crippen LogP contribution in [0.2, 0.25) is 0 Å². The van der Waals surface area contributed by atoms with Crippen LogP contribution in [0, 0.1) is 0 Å². The minimum atomic E-state index is -3.33. The van der Waals surface area contributed by atoms with Crippen molar-refractivity contribution in [2.45, 2.75) is 17.2 Å². The Bertz CT molecular complexity index is 455. The van der Waals surface area contributed by atoms with Gasteiger partial charge in [-0.25, -0.2) is 8.42 Å². The number of hydrogen-bond acceptors (Lipinski definition) is 4. The molecule has 0 radical (unpaired) electrons. The van der Waals surface area contributed by atoms with Crippen molar-refractivity contribution in [3.05, 3.63) is 29.8 Å². The van der Waals surface area contributed by atoms with Crippen molar-refractivity contribution in [3.63, 3.8) is 0 Å². The predicted octanol–water partition coefficient (Wildman–Crippen LogP) is 1.88. The number of sulfone groups is 1. The Morgan fingerprint density at radius 2 is 1.88 bits per heavy atom. The highest BCUT2D eigenvalue weighted by molar-refractivity contribution is 9.11. The lowest BCUT2D eigenvalue weighted by Crippen LogP contribution is -2.24. The molecule has 0 bridgehead atoms. The Balaban J connectivity index is 2.92. The molecule has 6 heteroatoms. The fourth-order valence-electron chi connectivity index (χ4n) is 1.31. The highest BCUT2D eigenvalue weighted by Crippen LogP contribution is 2.28. The molecule has 96 valence electrons. The van der Waals surface area contributed by atoms with Crippen LogP contribution in [0.3, 0.4) is 0 Å². The smallest absolute Gasteiger partial charge is 0.165 e. The van der Waals surface area contributed by atoms with Gasteiger partial charge in [-0.3, -0.25) is 0 Å². The van der Waals surface area contributed by atoms with E-state index < -0.39 is 20.1 Å². The number of rotatable bonds is 5. The van der Waals surface area contributed by atoms with Gasteiger partial charge in [-0.1, -0.05) is 35.0 Å². The van der Waals surface area contributed by atoms with E-state index in [-0.39, 0.29) is 5.75 Å². The van der Waals surface area contributed by atoms with Crippen molar-refractivity contribution in [2.75, 3.05) is 12.9 Å². The summed E-state index contributed by atoms with van der Waals surface area (Å²) in [4.78, 5) is 0. The average Bonchev–Trinajstić information content (AvgIpc) is 2.37. The summed E-state index contributed by atoms with van der Waals surface area (Å²) in [6, 6.07) is 6.64. The van der Waals surface area contributed by atoms with Crippen molar-refractivity contribution >= 4 is 25.8 Å². The molecule has 0 saturated heterocycles. The number of ether oxygens (including phenoxy) is 1. The Morgan fingerprint density at radius 1 is 1.35 bits per heavy atom. The van der Waals surface area contributed by atoms with Crippen LogP contribution in [-0.4, -0.2) is 30.5 Å². The third-order valence-corrected chi connectivity index (χ3v) is 6.41. The topological polar surface area (TPSA) is 63.6 Å². The lowest BCUT2D eigenvalue weighted by molar-refractivity contribution is 0.195. The van der Waals surface area contributed by atoms with E-state index in [1.165, 1.54) is 0 Å². The molecule has 4 nitrogen and oxygen atoms in total. The van der Waals surface area contributed by atoms with Crippen LogP contribution in [0.5, 0.6) is 5.75 Å². The van der Waals surface area contributed by atoms with Crippen LogP contribution in [0.4, 0.5) is 0 Å². The Labute approximate surface area is 110 Å². The van der Waals surface area contributed by atoms with Crippen LogP contribution >= 0.6 is 15.9 Å². The summed E-state index contributed by atoms with van der Waals surface area (Å²) >= 11 is 3.03. The number of alkyl halides is 1. The number of hydrogen-bond donors (Lipinski definition) is 1. The molecule has 2 atom stereocenters. The second kappa shape index (κ2) is 5.84. The van der Waals surface area contributed by atoms with Gasteiger partial charge < -0.3 is 9.84 Å². The predicted molar refractivity (Wildman–Crippen MR) is 70.1 cm³/mol. The van der Waals surface area contributed by atoms with E-state index in [9.17, 15) is 13.5 Å². The Hall–Kier alpha value is -0.590. The highest BCUT2D eigenvalue weighted by atomic mass is 79.9. The Kier molecular flexibility index (Phi) is 4.97. The normalized spacial score (nSPS) is 15.3. The van der Waals surface area contributed by atoms with Gasteiger partial charge >= 0.3 is 0 Å². The second-order valence-electron chi connectivity index (χ2n) is 3.52. The standard InChI is InChI=1S/C11H15BrO4S/c1-3-17(14,15)11(12)10(13)8-4-6-9(16-2)7-5-8/h4-7,10-11,13H,3H2,1-2H3/t10-,11-/m0/s1. The number of methoxy groups -OCH3 is 1. The first-order chi connectivity index (χ1) is 7.92. The maximum atomic E-state index is 11.6.